The van der Waals surface area contributed by atoms with Gasteiger partial charge in [0.25, 0.3) is 0 Å². The van der Waals surface area contributed by atoms with Crippen molar-refractivity contribution >= 4 is 23.2 Å². The number of benzene rings is 1. The van der Waals surface area contributed by atoms with E-state index in [1.165, 1.54) is 12.1 Å². The summed E-state index contributed by atoms with van der Waals surface area (Å²) < 4.78 is 38.5. The highest BCUT2D eigenvalue weighted by Gasteiger charge is 2.30. The average molecular weight is 413 g/mol. The first-order chi connectivity index (χ1) is 13.3. The maximum Gasteiger partial charge on any atom is 0.416 e. The Balaban J connectivity index is 1.47. The van der Waals surface area contributed by atoms with Crippen LogP contribution < -0.4 is 5.32 Å². The number of hydrogen-bond acceptors (Lipinski definition) is 4. The van der Waals surface area contributed by atoms with Gasteiger partial charge in [-0.3, -0.25) is 14.6 Å². The number of carbonyl (C=O) groups excluding carboxylic acids is 1. The lowest BCUT2D eigenvalue weighted by atomic mass is 10.1. The summed E-state index contributed by atoms with van der Waals surface area (Å²) in [6.07, 6.45) is -2.79. The van der Waals surface area contributed by atoms with E-state index in [0.717, 1.165) is 6.07 Å². The fourth-order valence-electron chi connectivity index (χ4n) is 3.08. The van der Waals surface area contributed by atoms with Gasteiger partial charge in [-0.1, -0.05) is 29.8 Å². The zero-order chi connectivity index (χ0) is 20.1. The van der Waals surface area contributed by atoms with Crippen LogP contribution in [0.5, 0.6) is 0 Å². The first-order valence-electron chi connectivity index (χ1n) is 8.82. The van der Waals surface area contributed by atoms with Gasteiger partial charge in [-0.25, -0.2) is 4.98 Å². The van der Waals surface area contributed by atoms with Crippen molar-refractivity contribution in [2.24, 2.45) is 0 Å². The van der Waals surface area contributed by atoms with Crippen LogP contribution in [-0.2, 0) is 17.5 Å². The Hall–Kier alpha value is -2.16. The second-order valence-electron chi connectivity index (χ2n) is 6.64. The van der Waals surface area contributed by atoms with Gasteiger partial charge in [0.15, 0.2) is 5.15 Å². The Morgan fingerprint density at radius 3 is 2.50 bits per heavy atom. The molecule has 0 saturated carbocycles. The summed E-state index contributed by atoms with van der Waals surface area (Å²) in [5.74, 6) is -0.179. The molecule has 1 amide bonds. The molecule has 28 heavy (non-hydrogen) atoms. The fourth-order valence-corrected chi connectivity index (χ4v) is 3.25. The third-order valence-electron chi connectivity index (χ3n) is 4.53. The lowest BCUT2D eigenvalue weighted by molar-refractivity contribution is -0.137. The number of alkyl halides is 3. The molecule has 0 radical (unpaired) electrons. The predicted molar refractivity (Wildman–Crippen MR) is 101 cm³/mol. The Kier molecular flexibility index (Phi) is 6.53. The number of halogens is 4. The quantitative estimate of drug-likeness (QED) is 0.763. The van der Waals surface area contributed by atoms with Crippen molar-refractivity contribution in [1.82, 2.24) is 14.8 Å². The summed E-state index contributed by atoms with van der Waals surface area (Å²) in [6, 6.07) is 8.77. The molecule has 2 heterocycles. The van der Waals surface area contributed by atoms with Gasteiger partial charge in [-0.05, 0) is 23.8 Å². The molecular formula is C19H20ClF3N4O. The van der Waals surface area contributed by atoms with Crippen LogP contribution >= 0.6 is 11.6 Å². The number of amides is 1. The molecule has 1 aromatic heterocycles. The summed E-state index contributed by atoms with van der Waals surface area (Å²) in [5, 5.41) is 2.97. The molecule has 1 saturated heterocycles. The van der Waals surface area contributed by atoms with E-state index in [-0.39, 0.29) is 17.6 Å². The zero-order valence-electron chi connectivity index (χ0n) is 15.0. The van der Waals surface area contributed by atoms with Gasteiger partial charge in [-0.2, -0.15) is 13.2 Å². The summed E-state index contributed by atoms with van der Waals surface area (Å²) in [6.45, 7) is 3.35. The first kappa shape index (κ1) is 20.6. The number of piperazine rings is 1. The van der Waals surface area contributed by atoms with E-state index in [1.807, 2.05) is 4.90 Å². The number of rotatable bonds is 5. The Morgan fingerprint density at radius 1 is 1.11 bits per heavy atom. The van der Waals surface area contributed by atoms with Crippen molar-refractivity contribution in [3.05, 3.63) is 58.9 Å². The van der Waals surface area contributed by atoms with E-state index in [2.05, 4.69) is 15.2 Å². The molecule has 0 spiro atoms. The van der Waals surface area contributed by atoms with Crippen LogP contribution in [0, 0.1) is 0 Å². The van der Waals surface area contributed by atoms with Gasteiger partial charge >= 0.3 is 6.18 Å². The van der Waals surface area contributed by atoms with Gasteiger partial charge in [-0.15, -0.1) is 0 Å². The lowest BCUT2D eigenvalue weighted by Gasteiger charge is -2.34. The summed E-state index contributed by atoms with van der Waals surface area (Å²) in [5.41, 5.74) is 0.471. The van der Waals surface area contributed by atoms with E-state index in [0.29, 0.717) is 44.0 Å². The van der Waals surface area contributed by atoms with Gasteiger partial charge in [0.1, 0.15) is 0 Å². The third-order valence-corrected chi connectivity index (χ3v) is 4.83. The Bertz CT molecular complexity index is 823. The molecule has 1 N–H and O–H groups in total. The molecule has 2 aromatic rings. The average Bonchev–Trinajstić information content (AvgIpc) is 2.65. The topological polar surface area (TPSA) is 48.5 Å². The number of nitrogens with one attached hydrogen (secondary N) is 1. The number of anilines is 1. The van der Waals surface area contributed by atoms with Gasteiger partial charge in [0.2, 0.25) is 5.91 Å². The molecule has 1 aliphatic rings. The summed E-state index contributed by atoms with van der Waals surface area (Å²) in [7, 11) is 0. The molecule has 0 bridgehead atoms. The standard InChI is InChI=1S/C19H20ClF3N4O/c20-18-16(5-2-6-24-18)25-17(28)13-27-9-7-26(8-10-27)12-14-3-1-4-15(11-14)19(21,22)23/h1-6,11H,7-10,12-13H2,(H,25,28). The van der Waals surface area contributed by atoms with E-state index < -0.39 is 11.7 Å². The predicted octanol–water partition coefficient (Wildman–Crippen LogP) is 3.51. The summed E-state index contributed by atoms with van der Waals surface area (Å²) >= 11 is 5.93. The molecule has 9 heteroatoms. The maximum atomic E-state index is 12.8. The van der Waals surface area contributed by atoms with Crippen molar-refractivity contribution in [2.75, 3.05) is 38.0 Å². The molecule has 0 atom stereocenters. The van der Waals surface area contributed by atoms with E-state index in [9.17, 15) is 18.0 Å². The van der Waals surface area contributed by atoms with Crippen molar-refractivity contribution in [1.29, 1.82) is 0 Å². The highest BCUT2D eigenvalue weighted by molar-refractivity contribution is 6.32. The van der Waals surface area contributed by atoms with Crippen LogP contribution in [0.1, 0.15) is 11.1 Å². The molecule has 1 fully saturated rings. The maximum absolute atomic E-state index is 12.8. The molecule has 1 aromatic carbocycles. The molecule has 3 rings (SSSR count). The lowest BCUT2D eigenvalue weighted by Crippen LogP contribution is -2.48. The minimum Gasteiger partial charge on any atom is -0.322 e. The van der Waals surface area contributed by atoms with E-state index >= 15 is 0 Å². The van der Waals surface area contributed by atoms with Crippen molar-refractivity contribution in [3.8, 4) is 0 Å². The fraction of sp³-hybridized carbons (Fsp3) is 0.368. The SMILES string of the molecule is O=C(CN1CCN(Cc2cccc(C(F)(F)F)c2)CC1)Nc1cccnc1Cl. The van der Waals surface area contributed by atoms with Gasteiger partial charge < -0.3 is 5.32 Å². The minimum absolute atomic E-state index is 0.179. The summed E-state index contributed by atoms with van der Waals surface area (Å²) in [4.78, 5) is 20.2. The van der Waals surface area contributed by atoms with Crippen LogP contribution in [0.4, 0.5) is 18.9 Å². The Labute approximate surface area is 166 Å². The molecule has 1 aliphatic heterocycles. The minimum atomic E-state index is -4.33. The number of hydrogen-bond donors (Lipinski definition) is 1. The smallest absolute Gasteiger partial charge is 0.322 e. The highest BCUT2D eigenvalue weighted by atomic mass is 35.5. The molecule has 150 valence electrons. The van der Waals surface area contributed by atoms with Crippen molar-refractivity contribution in [2.45, 2.75) is 12.7 Å². The number of aromatic nitrogens is 1. The number of nitrogens with zero attached hydrogens (tertiary/aromatic N) is 3. The van der Waals surface area contributed by atoms with Gasteiger partial charge in [0.05, 0.1) is 17.8 Å². The largest absolute Gasteiger partial charge is 0.416 e. The first-order valence-corrected chi connectivity index (χ1v) is 9.20. The normalized spacial score (nSPS) is 16.1. The van der Waals surface area contributed by atoms with Crippen molar-refractivity contribution < 1.29 is 18.0 Å². The van der Waals surface area contributed by atoms with Crippen LogP contribution in [0.3, 0.4) is 0 Å². The van der Waals surface area contributed by atoms with Gasteiger partial charge in [0, 0.05) is 38.9 Å². The van der Waals surface area contributed by atoms with Crippen LogP contribution in [0.2, 0.25) is 5.15 Å². The second kappa shape index (κ2) is 8.89. The second-order valence-corrected chi connectivity index (χ2v) is 7.00. The van der Waals surface area contributed by atoms with Crippen LogP contribution in [-0.4, -0.2) is 53.4 Å². The molecule has 5 nitrogen and oxygen atoms in total. The van der Waals surface area contributed by atoms with E-state index in [1.54, 1.807) is 24.4 Å². The molecular weight excluding hydrogens is 393 g/mol. The van der Waals surface area contributed by atoms with Crippen LogP contribution in [0.15, 0.2) is 42.6 Å². The number of pyridine rings is 1. The third kappa shape index (κ3) is 5.67. The molecule has 0 unspecified atom stereocenters. The number of carbonyl (C=O) groups is 1. The van der Waals surface area contributed by atoms with E-state index in [4.69, 9.17) is 11.6 Å². The van der Waals surface area contributed by atoms with Crippen LogP contribution in [0.25, 0.3) is 0 Å². The molecule has 0 aliphatic carbocycles. The monoisotopic (exact) mass is 412 g/mol. The zero-order valence-corrected chi connectivity index (χ0v) is 15.8. The Morgan fingerprint density at radius 2 is 1.82 bits per heavy atom. The van der Waals surface area contributed by atoms with Crippen molar-refractivity contribution in [3.63, 3.8) is 0 Å². The highest BCUT2D eigenvalue weighted by Crippen LogP contribution is 2.29.